The third-order valence-corrected chi connectivity index (χ3v) is 7.37. The van der Waals surface area contributed by atoms with E-state index in [-0.39, 0.29) is 18.4 Å². The molecule has 5 rings (SSSR count). The van der Waals surface area contributed by atoms with Crippen molar-refractivity contribution in [3.8, 4) is 17.0 Å². The van der Waals surface area contributed by atoms with Crippen LogP contribution in [0.4, 0.5) is 14.6 Å². The average molecular weight is 557 g/mol. The maximum atomic E-state index is 14.1. The van der Waals surface area contributed by atoms with Crippen LogP contribution in [-0.4, -0.2) is 78.2 Å². The Labute approximate surface area is 231 Å². The molecule has 2 N–H and O–H groups in total. The summed E-state index contributed by atoms with van der Waals surface area (Å²) in [6.45, 7) is 7.18. The number of aryl methyl sites for hydroxylation is 1. The summed E-state index contributed by atoms with van der Waals surface area (Å²) in [7, 11) is 0. The van der Waals surface area contributed by atoms with E-state index in [4.69, 9.17) is 14.7 Å². The van der Waals surface area contributed by atoms with Gasteiger partial charge < -0.3 is 24.7 Å². The third kappa shape index (κ3) is 5.78. The number of aliphatic hydroxyl groups is 2. The fourth-order valence-electron chi connectivity index (χ4n) is 4.99. The Hall–Kier alpha value is -3.64. The summed E-state index contributed by atoms with van der Waals surface area (Å²) in [4.78, 5) is 26.4. The molecule has 4 heterocycles. The van der Waals surface area contributed by atoms with Crippen molar-refractivity contribution in [1.82, 2.24) is 24.6 Å². The molecule has 3 aromatic rings. The van der Waals surface area contributed by atoms with E-state index < -0.39 is 29.2 Å². The topological polar surface area (TPSA) is 117 Å². The molecule has 0 bridgehead atoms. The van der Waals surface area contributed by atoms with E-state index in [0.717, 1.165) is 17.3 Å². The smallest absolute Gasteiger partial charge is 0.254 e. The van der Waals surface area contributed by atoms with E-state index in [9.17, 15) is 23.8 Å². The number of benzene rings is 1. The van der Waals surface area contributed by atoms with Gasteiger partial charge in [0, 0.05) is 63.3 Å². The van der Waals surface area contributed by atoms with E-state index in [1.54, 1.807) is 10.9 Å². The Morgan fingerprint density at radius 1 is 1.18 bits per heavy atom. The molecule has 1 unspecified atom stereocenters. The number of anilines is 1. The van der Waals surface area contributed by atoms with E-state index in [2.05, 4.69) is 10.00 Å². The zero-order valence-corrected chi connectivity index (χ0v) is 22.8. The number of rotatable bonds is 7. The minimum absolute atomic E-state index is 0.0369. The summed E-state index contributed by atoms with van der Waals surface area (Å²) in [5.41, 5.74) is 1.27. The van der Waals surface area contributed by atoms with Crippen molar-refractivity contribution in [2.45, 2.75) is 70.9 Å². The summed E-state index contributed by atoms with van der Waals surface area (Å²) < 4.78 is 35.0. The zero-order valence-electron chi connectivity index (χ0n) is 22.8. The molecule has 1 atom stereocenters. The lowest BCUT2D eigenvalue weighted by atomic mass is 9.99. The van der Waals surface area contributed by atoms with Gasteiger partial charge in [0.2, 0.25) is 0 Å². The van der Waals surface area contributed by atoms with Crippen LogP contribution in [0.1, 0.15) is 45.0 Å². The van der Waals surface area contributed by atoms with Crippen LogP contribution in [-0.2, 0) is 24.3 Å². The molecule has 1 amide bonds. The van der Waals surface area contributed by atoms with Gasteiger partial charge in [-0.05, 0) is 32.9 Å². The van der Waals surface area contributed by atoms with Gasteiger partial charge in [-0.2, -0.15) is 5.10 Å². The normalized spacial score (nSPS) is 17.1. The monoisotopic (exact) mass is 556 g/mol. The number of carbonyl (C=O) groups is 1. The van der Waals surface area contributed by atoms with E-state index in [1.807, 2.05) is 13.1 Å². The predicted octanol–water partition coefficient (Wildman–Crippen LogP) is 2.70. The van der Waals surface area contributed by atoms with Gasteiger partial charge >= 0.3 is 0 Å². The fraction of sp³-hybridized carbons (Fsp3) is 0.500. The first-order chi connectivity index (χ1) is 19.0. The van der Waals surface area contributed by atoms with E-state index in [1.165, 1.54) is 30.9 Å². The Kier molecular flexibility index (Phi) is 7.74. The van der Waals surface area contributed by atoms with E-state index in [0.29, 0.717) is 62.6 Å². The maximum Gasteiger partial charge on any atom is 0.254 e. The van der Waals surface area contributed by atoms with Crippen molar-refractivity contribution in [2.75, 3.05) is 24.5 Å². The average Bonchev–Trinajstić information content (AvgIpc) is 3.42. The molecular formula is C28H34F2N6O4. The number of hydrogen-bond donors (Lipinski definition) is 2. The Morgan fingerprint density at radius 2 is 1.93 bits per heavy atom. The van der Waals surface area contributed by atoms with Crippen molar-refractivity contribution >= 4 is 11.7 Å². The fourth-order valence-corrected chi connectivity index (χ4v) is 4.99. The second-order valence-corrected chi connectivity index (χ2v) is 10.8. The number of hydrogen-bond acceptors (Lipinski definition) is 8. The predicted molar refractivity (Wildman–Crippen MR) is 143 cm³/mol. The molecule has 214 valence electrons. The molecule has 0 aliphatic carbocycles. The van der Waals surface area contributed by atoms with E-state index >= 15 is 0 Å². The highest BCUT2D eigenvalue weighted by atomic mass is 19.1. The summed E-state index contributed by atoms with van der Waals surface area (Å²) >= 11 is 0. The number of aliphatic hydroxyl groups excluding tert-OH is 1. The Balaban J connectivity index is 1.38. The molecule has 2 aliphatic rings. The molecular weight excluding hydrogens is 522 g/mol. The molecule has 12 heteroatoms. The van der Waals surface area contributed by atoms with Crippen LogP contribution in [0.15, 0.2) is 30.6 Å². The summed E-state index contributed by atoms with van der Waals surface area (Å²) in [5, 5.41) is 24.9. The minimum Gasteiger partial charge on any atom is -0.487 e. The number of piperidine rings is 1. The molecule has 0 radical (unpaired) electrons. The van der Waals surface area contributed by atoms with Gasteiger partial charge in [-0.1, -0.05) is 0 Å². The van der Waals surface area contributed by atoms with Crippen LogP contribution in [0.5, 0.6) is 5.75 Å². The lowest BCUT2D eigenvalue weighted by molar-refractivity contribution is -0.153. The van der Waals surface area contributed by atoms with Crippen LogP contribution in [0.3, 0.4) is 0 Å². The van der Waals surface area contributed by atoms with Crippen LogP contribution in [0.2, 0.25) is 0 Å². The molecule has 2 aromatic heterocycles. The highest BCUT2D eigenvalue weighted by Crippen LogP contribution is 2.33. The molecule has 0 spiro atoms. The second-order valence-electron chi connectivity index (χ2n) is 10.8. The maximum absolute atomic E-state index is 14.1. The van der Waals surface area contributed by atoms with Crippen molar-refractivity contribution in [2.24, 2.45) is 0 Å². The molecule has 1 aromatic carbocycles. The molecule has 10 nitrogen and oxygen atoms in total. The standard InChI is InChI=1S/C28H34F2N6O4/c1-4-36-15-17(14-31-36)24-26(34-10-7-19(8-11-34)40-23-6-5-18(29)13-20(23)30)33-21-9-12-35(16-22(21)32-24)27(38)25(37)28(2,3)39/h5-6,13-15,19,25,37,39H,4,7-12,16H2,1-3H3. The minimum atomic E-state index is -1.56. The number of halogens is 2. The molecule has 1 saturated heterocycles. The highest BCUT2D eigenvalue weighted by molar-refractivity contribution is 5.82. The van der Waals surface area contributed by atoms with Crippen molar-refractivity contribution in [1.29, 1.82) is 0 Å². The number of amides is 1. The van der Waals surface area contributed by atoms with Gasteiger partial charge in [0.15, 0.2) is 23.5 Å². The first kappa shape index (κ1) is 27.9. The number of fused-ring (bicyclic) bond motifs is 1. The van der Waals surface area contributed by atoms with Gasteiger partial charge in [0.05, 0.1) is 29.7 Å². The van der Waals surface area contributed by atoms with Crippen LogP contribution in [0.25, 0.3) is 11.3 Å². The highest BCUT2D eigenvalue weighted by Gasteiger charge is 2.36. The Bertz CT molecular complexity index is 1380. The van der Waals surface area contributed by atoms with Crippen molar-refractivity contribution in [3.05, 3.63) is 53.6 Å². The van der Waals surface area contributed by atoms with Crippen LogP contribution >= 0.6 is 0 Å². The third-order valence-electron chi connectivity index (χ3n) is 7.37. The quantitative estimate of drug-likeness (QED) is 0.457. The van der Waals surface area contributed by atoms with Gasteiger partial charge in [0.1, 0.15) is 17.6 Å². The summed E-state index contributed by atoms with van der Waals surface area (Å²) in [6.07, 6.45) is 3.54. The van der Waals surface area contributed by atoms with Crippen molar-refractivity contribution < 1.29 is 28.5 Å². The number of nitrogens with zero attached hydrogens (tertiary/aromatic N) is 6. The van der Waals surface area contributed by atoms with Gasteiger partial charge in [-0.15, -0.1) is 0 Å². The SMILES string of the molecule is CCn1cc(-c2nc3c(nc2N2CCC(Oc4ccc(F)cc4F)CC2)CCN(C(=O)C(O)C(C)(C)O)C3)cn1. The Morgan fingerprint density at radius 3 is 2.58 bits per heavy atom. The van der Waals surface area contributed by atoms with Crippen LogP contribution < -0.4 is 9.64 Å². The number of carbonyl (C=O) groups excluding carboxylic acids is 1. The molecule has 0 saturated carbocycles. The number of ether oxygens (including phenoxy) is 1. The van der Waals surface area contributed by atoms with Crippen LogP contribution in [0, 0.1) is 11.6 Å². The number of aromatic nitrogens is 4. The summed E-state index contributed by atoms with van der Waals surface area (Å²) in [5.74, 6) is -1.18. The first-order valence-corrected chi connectivity index (χ1v) is 13.5. The summed E-state index contributed by atoms with van der Waals surface area (Å²) in [6, 6.07) is 3.30. The van der Waals surface area contributed by atoms with Gasteiger partial charge in [0.25, 0.3) is 5.91 Å². The molecule has 2 aliphatic heterocycles. The second kappa shape index (κ2) is 11.1. The van der Waals surface area contributed by atoms with Crippen molar-refractivity contribution in [3.63, 3.8) is 0 Å². The molecule has 1 fully saturated rings. The first-order valence-electron chi connectivity index (χ1n) is 13.5. The lowest BCUT2D eigenvalue weighted by Crippen LogP contribution is -2.51. The van der Waals surface area contributed by atoms with Gasteiger partial charge in [-0.3, -0.25) is 9.48 Å². The van der Waals surface area contributed by atoms with Gasteiger partial charge in [-0.25, -0.2) is 18.7 Å². The molecule has 40 heavy (non-hydrogen) atoms. The zero-order chi connectivity index (χ0) is 28.6. The lowest BCUT2D eigenvalue weighted by Gasteiger charge is -2.36. The largest absolute Gasteiger partial charge is 0.487 e.